The lowest BCUT2D eigenvalue weighted by Crippen LogP contribution is -2.28. The van der Waals surface area contributed by atoms with Gasteiger partial charge in [0.15, 0.2) is 0 Å². The lowest BCUT2D eigenvalue weighted by atomic mass is 9.74. The van der Waals surface area contributed by atoms with Crippen LogP contribution in [0.5, 0.6) is 0 Å². The molecule has 0 fully saturated rings. The zero-order valence-corrected chi connectivity index (χ0v) is 17.0. The van der Waals surface area contributed by atoms with Gasteiger partial charge in [0.05, 0.1) is 5.71 Å². The maximum atomic E-state index is 11.4. The Bertz CT molecular complexity index is 1050. The fourth-order valence-electron chi connectivity index (χ4n) is 4.10. The highest BCUT2D eigenvalue weighted by molar-refractivity contribution is 6.05. The molecular weight excluding hydrogens is 362 g/mol. The lowest BCUT2D eigenvalue weighted by molar-refractivity contribution is -0.140. The van der Waals surface area contributed by atoms with Crippen LogP contribution in [0.15, 0.2) is 60.0 Å². The average Bonchev–Trinajstić information content (AvgIpc) is 3.04. The highest BCUT2D eigenvalue weighted by Crippen LogP contribution is 2.40. The first-order valence-corrected chi connectivity index (χ1v) is 9.86. The summed E-state index contributed by atoms with van der Waals surface area (Å²) in [7, 11) is 0. The molecule has 5 heteroatoms. The SMILES string of the molecule is CC(=O)O/N=C1\CC(C)(C)Cc2[nH]c(-c3ccncc3)c(Cc3ccccc3)c21. The van der Waals surface area contributed by atoms with Crippen molar-refractivity contribution in [2.45, 2.75) is 40.0 Å². The summed E-state index contributed by atoms with van der Waals surface area (Å²) in [5, 5.41) is 4.26. The van der Waals surface area contributed by atoms with E-state index in [4.69, 9.17) is 4.84 Å². The van der Waals surface area contributed by atoms with Crippen molar-refractivity contribution < 1.29 is 9.63 Å². The van der Waals surface area contributed by atoms with E-state index in [2.05, 4.69) is 53.2 Å². The molecule has 0 unspecified atom stereocenters. The highest BCUT2D eigenvalue weighted by atomic mass is 16.7. The number of hydrogen-bond donors (Lipinski definition) is 1. The molecule has 0 saturated heterocycles. The molecule has 2 heterocycles. The summed E-state index contributed by atoms with van der Waals surface area (Å²) < 4.78 is 0. The summed E-state index contributed by atoms with van der Waals surface area (Å²) in [5.74, 6) is -0.406. The van der Waals surface area contributed by atoms with Gasteiger partial charge in [0, 0.05) is 48.3 Å². The number of pyridine rings is 1. The number of hydrogen-bond acceptors (Lipinski definition) is 4. The van der Waals surface area contributed by atoms with Crippen molar-refractivity contribution in [3.05, 3.63) is 77.2 Å². The number of carbonyl (C=O) groups is 1. The molecule has 1 N–H and O–H groups in total. The maximum absolute atomic E-state index is 11.4. The number of oxime groups is 1. The first-order chi connectivity index (χ1) is 13.9. The molecule has 1 aliphatic rings. The monoisotopic (exact) mass is 387 g/mol. The molecule has 0 bridgehead atoms. The third-order valence-electron chi connectivity index (χ3n) is 5.25. The Kier molecular flexibility index (Phi) is 5.05. The number of H-pyrrole nitrogens is 1. The first-order valence-electron chi connectivity index (χ1n) is 9.86. The van der Waals surface area contributed by atoms with E-state index in [9.17, 15) is 4.79 Å². The van der Waals surface area contributed by atoms with Gasteiger partial charge in [-0.25, -0.2) is 4.79 Å². The number of fused-ring (bicyclic) bond motifs is 1. The quantitative estimate of drug-likeness (QED) is 0.511. The molecule has 0 aliphatic heterocycles. The summed E-state index contributed by atoms with van der Waals surface area (Å²) in [6.07, 6.45) is 6.04. The Balaban J connectivity index is 1.90. The lowest BCUT2D eigenvalue weighted by Gasteiger charge is -2.30. The summed E-state index contributed by atoms with van der Waals surface area (Å²) in [4.78, 5) is 24.3. The third kappa shape index (κ3) is 4.14. The molecular formula is C24H25N3O2. The van der Waals surface area contributed by atoms with Crippen molar-refractivity contribution in [1.82, 2.24) is 9.97 Å². The summed E-state index contributed by atoms with van der Waals surface area (Å²) in [5.41, 5.74) is 7.65. The zero-order valence-electron chi connectivity index (χ0n) is 17.0. The molecule has 1 aromatic carbocycles. The molecule has 29 heavy (non-hydrogen) atoms. The van der Waals surface area contributed by atoms with Gasteiger partial charge in [-0.15, -0.1) is 0 Å². The van der Waals surface area contributed by atoms with E-state index in [0.717, 1.165) is 47.5 Å². The molecule has 0 radical (unpaired) electrons. The van der Waals surface area contributed by atoms with Gasteiger partial charge in [-0.05, 0) is 41.5 Å². The number of nitrogens with zero attached hydrogens (tertiary/aromatic N) is 2. The number of aromatic amines is 1. The van der Waals surface area contributed by atoms with Gasteiger partial charge in [-0.3, -0.25) is 4.98 Å². The number of aromatic nitrogens is 2. The van der Waals surface area contributed by atoms with Crippen LogP contribution in [0.25, 0.3) is 11.3 Å². The van der Waals surface area contributed by atoms with Crippen LogP contribution in [-0.2, 0) is 22.5 Å². The molecule has 4 rings (SSSR count). The molecule has 2 aromatic heterocycles. The second kappa shape index (κ2) is 7.66. The van der Waals surface area contributed by atoms with Crippen LogP contribution in [0.3, 0.4) is 0 Å². The van der Waals surface area contributed by atoms with Crippen LogP contribution in [0.1, 0.15) is 49.6 Å². The van der Waals surface area contributed by atoms with Crippen LogP contribution < -0.4 is 0 Å². The van der Waals surface area contributed by atoms with Gasteiger partial charge in [-0.1, -0.05) is 49.3 Å². The second-order valence-corrected chi connectivity index (χ2v) is 8.37. The van der Waals surface area contributed by atoms with Crippen molar-refractivity contribution in [2.24, 2.45) is 10.6 Å². The molecule has 1 aliphatic carbocycles. The Morgan fingerprint density at radius 1 is 1.14 bits per heavy atom. The standard InChI is InChI=1S/C24H25N3O2/c1-16(28)29-27-21-15-24(2,3)14-20-22(21)19(13-17-7-5-4-6-8-17)23(26-20)18-9-11-25-12-10-18/h4-12,26H,13-15H2,1-3H3/b27-21+. The minimum atomic E-state index is -0.406. The van der Waals surface area contributed by atoms with Crippen LogP contribution in [-0.4, -0.2) is 21.6 Å². The Hall–Kier alpha value is -3.21. The molecule has 0 amide bonds. The van der Waals surface area contributed by atoms with E-state index in [1.165, 1.54) is 18.1 Å². The van der Waals surface area contributed by atoms with Gasteiger partial charge < -0.3 is 9.82 Å². The topological polar surface area (TPSA) is 67.3 Å². The maximum Gasteiger partial charge on any atom is 0.331 e. The van der Waals surface area contributed by atoms with Crippen LogP contribution in [0.4, 0.5) is 0 Å². The summed E-state index contributed by atoms with van der Waals surface area (Å²) in [6.45, 7) is 5.80. The fraction of sp³-hybridized carbons (Fsp3) is 0.292. The largest absolute Gasteiger partial charge is 0.358 e. The third-order valence-corrected chi connectivity index (χ3v) is 5.25. The number of benzene rings is 1. The van der Waals surface area contributed by atoms with E-state index in [1.54, 1.807) is 12.4 Å². The first kappa shape index (κ1) is 19.1. The van der Waals surface area contributed by atoms with Gasteiger partial charge in [0.2, 0.25) is 0 Å². The summed E-state index contributed by atoms with van der Waals surface area (Å²) in [6, 6.07) is 14.4. The average molecular weight is 387 g/mol. The Labute approximate surface area is 170 Å². The van der Waals surface area contributed by atoms with E-state index in [-0.39, 0.29) is 5.41 Å². The molecule has 3 aromatic rings. The number of rotatable bonds is 4. The van der Waals surface area contributed by atoms with E-state index in [1.807, 2.05) is 18.2 Å². The predicted molar refractivity (Wildman–Crippen MR) is 114 cm³/mol. The van der Waals surface area contributed by atoms with Crippen LogP contribution in [0.2, 0.25) is 0 Å². The van der Waals surface area contributed by atoms with E-state index in [0.29, 0.717) is 0 Å². The van der Waals surface area contributed by atoms with Crippen LogP contribution >= 0.6 is 0 Å². The van der Waals surface area contributed by atoms with Gasteiger partial charge >= 0.3 is 5.97 Å². The smallest absolute Gasteiger partial charge is 0.331 e. The predicted octanol–water partition coefficient (Wildman–Crippen LogP) is 4.91. The molecule has 0 spiro atoms. The minimum Gasteiger partial charge on any atom is -0.358 e. The van der Waals surface area contributed by atoms with Gasteiger partial charge in [-0.2, -0.15) is 0 Å². The molecule has 148 valence electrons. The van der Waals surface area contributed by atoms with Crippen molar-refractivity contribution in [3.8, 4) is 11.3 Å². The molecule has 0 atom stereocenters. The van der Waals surface area contributed by atoms with Crippen LogP contribution in [0, 0.1) is 5.41 Å². The van der Waals surface area contributed by atoms with E-state index < -0.39 is 5.97 Å². The number of nitrogens with one attached hydrogen (secondary N) is 1. The minimum absolute atomic E-state index is 0.0242. The zero-order chi connectivity index (χ0) is 20.4. The summed E-state index contributed by atoms with van der Waals surface area (Å²) >= 11 is 0. The van der Waals surface area contributed by atoms with Gasteiger partial charge in [0.1, 0.15) is 0 Å². The van der Waals surface area contributed by atoms with Crippen molar-refractivity contribution in [1.29, 1.82) is 0 Å². The Morgan fingerprint density at radius 3 is 2.55 bits per heavy atom. The van der Waals surface area contributed by atoms with Crippen molar-refractivity contribution >= 4 is 11.7 Å². The number of carbonyl (C=O) groups excluding carboxylic acids is 1. The highest BCUT2D eigenvalue weighted by Gasteiger charge is 2.35. The van der Waals surface area contributed by atoms with E-state index >= 15 is 0 Å². The van der Waals surface area contributed by atoms with Gasteiger partial charge in [0.25, 0.3) is 0 Å². The Morgan fingerprint density at radius 2 is 1.86 bits per heavy atom. The van der Waals surface area contributed by atoms with Crippen molar-refractivity contribution in [3.63, 3.8) is 0 Å². The second-order valence-electron chi connectivity index (χ2n) is 8.37. The molecule has 5 nitrogen and oxygen atoms in total. The molecule has 0 saturated carbocycles. The van der Waals surface area contributed by atoms with Crippen molar-refractivity contribution in [2.75, 3.05) is 0 Å². The normalized spacial score (nSPS) is 16.4. The fourth-order valence-corrected chi connectivity index (χ4v) is 4.10.